The summed E-state index contributed by atoms with van der Waals surface area (Å²) in [6, 6.07) is 6.08. The molecule has 1 atom stereocenters. The van der Waals surface area contributed by atoms with Gasteiger partial charge >= 0.3 is 0 Å². The van der Waals surface area contributed by atoms with Gasteiger partial charge in [-0.05, 0) is 44.5 Å². The first-order valence-electron chi connectivity index (χ1n) is 7.59. The van der Waals surface area contributed by atoms with E-state index in [9.17, 15) is 9.18 Å². The van der Waals surface area contributed by atoms with Crippen LogP contribution in [-0.4, -0.2) is 31.6 Å². The molecule has 1 aliphatic heterocycles. The lowest BCUT2D eigenvalue weighted by molar-refractivity contribution is -0.126. The second kappa shape index (κ2) is 9.64. The fourth-order valence-electron chi connectivity index (χ4n) is 2.44. The number of benzene rings is 1. The molecule has 1 amide bonds. The predicted molar refractivity (Wildman–Crippen MR) is 87.0 cm³/mol. The lowest BCUT2D eigenvalue weighted by Crippen LogP contribution is -2.41. The van der Waals surface area contributed by atoms with Gasteiger partial charge < -0.3 is 15.4 Å². The zero-order chi connectivity index (χ0) is 15.1. The van der Waals surface area contributed by atoms with Gasteiger partial charge in [0.25, 0.3) is 0 Å². The molecular formula is C16H24ClFN2O2. The molecule has 4 nitrogen and oxygen atoms in total. The molecule has 1 saturated heterocycles. The molecule has 22 heavy (non-hydrogen) atoms. The maximum atomic E-state index is 13.1. The van der Waals surface area contributed by atoms with Crippen molar-refractivity contribution in [2.75, 3.05) is 19.6 Å². The van der Waals surface area contributed by atoms with Gasteiger partial charge in [-0.15, -0.1) is 12.4 Å². The van der Waals surface area contributed by atoms with Gasteiger partial charge in [-0.1, -0.05) is 13.0 Å². The molecule has 0 bridgehead atoms. The van der Waals surface area contributed by atoms with Crippen molar-refractivity contribution in [1.29, 1.82) is 0 Å². The second-order valence-electron chi connectivity index (χ2n) is 5.37. The van der Waals surface area contributed by atoms with Crippen molar-refractivity contribution in [3.05, 3.63) is 30.1 Å². The van der Waals surface area contributed by atoms with Crippen LogP contribution in [0.5, 0.6) is 5.75 Å². The Morgan fingerprint density at radius 2 is 2.18 bits per heavy atom. The number of nitrogens with one attached hydrogen (secondary N) is 2. The minimum atomic E-state index is -0.318. The minimum Gasteiger partial charge on any atom is -0.489 e. The van der Waals surface area contributed by atoms with Crippen LogP contribution in [0.25, 0.3) is 0 Å². The largest absolute Gasteiger partial charge is 0.489 e. The van der Waals surface area contributed by atoms with Crippen LogP contribution in [0, 0.1) is 11.7 Å². The number of carbonyl (C=O) groups excluding carboxylic acids is 1. The number of hydrogen-bond donors (Lipinski definition) is 2. The molecular weight excluding hydrogens is 307 g/mol. The summed E-state index contributed by atoms with van der Waals surface area (Å²) in [5.74, 6) is 0.370. The summed E-state index contributed by atoms with van der Waals surface area (Å²) in [6.45, 7) is 4.24. The van der Waals surface area contributed by atoms with E-state index >= 15 is 0 Å². The van der Waals surface area contributed by atoms with Gasteiger partial charge in [0, 0.05) is 12.0 Å². The molecule has 124 valence electrons. The van der Waals surface area contributed by atoms with Crippen LogP contribution >= 0.6 is 12.4 Å². The number of carbonyl (C=O) groups is 1. The Balaban J connectivity index is 0.00000242. The summed E-state index contributed by atoms with van der Waals surface area (Å²) in [5.41, 5.74) is 0. The van der Waals surface area contributed by atoms with Crippen LogP contribution in [-0.2, 0) is 4.79 Å². The average Bonchev–Trinajstić information content (AvgIpc) is 2.52. The van der Waals surface area contributed by atoms with Crippen molar-refractivity contribution in [2.24, 2.45) is 5.92 Å². The third-order valence-corrected chi connectivity index (χ3v) is 3.77. The highest BCUT2D eigenvalue weighted by Gasteiger charge is 2.21. The zero-order valence-corrected chi connectivity index (χ0v) is 13.6. The van der Waals surface area contributed by atoms with E-state index in [-0.39, 0.29) is 36.2 Å². The second-order valence-corrected chi connectivity index (χ2v) is 5.37. The third-order valence-electron chi connectivity index (χ3n) is 3.77. The zero-order valence-electron chi connectivity index (χ0n) is 12.8. The number of piperidine rings is 1. The van der Waals surface area contributed by atoms with Gasteiger partial charge in [0.1, 0.15) is 17.7 Å². The SMILES string of the molecule is CCC(CNC(=O)C1CCNCC1)Oc1cccc(F)c1.Cl. The molecule has 6 heteroatoms. The summed E-state index contributed by atoms with van der Waals surface area (Å²) < 4.78 is 18.8. The monoisotopic (exact) mass is 330 g/mol. The van der Waals surface area contributed by atoms with Crippen molar-refractivity contribution >= 4 is 18.3 Å². The fourth-order valence-corrected chi connectivity index (χ4v) is 2.44. The van der Waals surface area contributed by atoms with Crippen molar-refractivity contribution < 1.29 is 13.9 Å². The number of rotatable bonds is 6. The maximum absolute atomic E-state index is 13.1. The first kappa shape index (κ1) is 18.7. The molecule has 1 fully saturated rings. The summed E-state index contributed by atoms with van der Waals surface area (Å²) in [5, 5.41) is 6.20. The highest BCUT2D eigenvalue weighted by atomic mass is 35.5. The first-order chi connectivity index (χ1) is 10.2. The summed E-state index contributed by atoms with van der Waals surface area (Å²) >= 11 is 0. The van der Waals surface area contributed by atoms with E-state index in [1.807, 2.05) is 6.92 Å². The Kier molecular flexibility index (Phi) is 8.20. The molecule has 2 N–H and O–H groups in total. The topological polar surface area (TPSA) is 50.4 Å². The molecule has 1 aromatic rings. The normalized spacial score (nSPS) is 16.5. The number of halogens is 2. The molecule has 0 aromatic heterocycles. The average molecular weight is 331 g/mol. The molecule has 1 aliphatic rings. The highest BCUT2D eigenvalue weighted by Crippen LogP contribution is 2.15. The van der Waals surface area contributed by atoms with E-state index in [1.165, 1.54) is 12.1 Å². The fraction of sp³-hybridized carbons (Fsp3) is 0.562. The van der Waals surface area contributed by atoms with Crippen LogP contribution in [0.15, 0.2) is 24.3 Å². The van der Waals surface area contributed by atoms with Crippen LogP contribution < -0.4 is 15.4 Å². The molecule has 0 saturated carbocycles. The standard InChI is InChI=1S/C16H23FN2O2.ClH/c1-2-14(21-15-5-3-4-13(17)10-15)11-19-16(20)12-6-8-18-9-7-12;/h3-5,10,12,14,18H,2,6-9,11H2,1H3,(H,19,20);1H. The quantitative estimate of drug-likeness (QED) is 0.842. The van der Waals surface area contributed by atoms with E-state index in [2.05, 4.69) is 10.6 Å². The maximum Gasteiger partial charge on any atom is 0.223 e. The van der Waals surface area contributed by atoms with Gasteiger partial charge in [0.15, 0.2) is 0 Å². The molecule has 0 radical (unpaired) electrons. The van der Waals surface area contributed by atoms with Crippen molar-refractivity contribution in [1.82, 2.24) is 10.6 Å². The predicted octanol–water partition coefficient (Wildman–Crippen LogP) is 2.52. The van der Waals surface area contributed by atoms with Crippen molar-refractivity contribution in [3.63, 3.8) is 0 Å². The van der Waals surface area contributed by atoms with Crippen LogP contribution in [0.1, 0.15) is 26.2 Å². The highest BCUT2D eigenvalue weighted by molar-refractivity contribution is 5.85. The van der Waals surface area contributed by atoms with Gasteiger partial charge in [-0.2, -0.15) is 0 Å². The molecule has 2 rings (SSSR count). The van der Waals surface area contributed by atoms with Gasteiger partial charge in [0.05, 0.1) is 6.54 Å². The molecule has 1 aromatic carbocycles. The smallest absolute Gasteiger partial charge is 0.223 e. The summed E-state index contributed by atoms with van der Waals surface area (Å²) in [7, 11) is 0. The number of hydrogen-bond acceptors (Lipinski definition) is 3. The van der Waals surface area contributed by atoms with E-state index in [4.69, 9.17) is 4.74 Å². The lowest BCUT2D eigenvalue weighted by atomic mass is 9.97. The molecule has 0 spiro atoms. The van der Waals surface area contributed by atoms with Gasteiger partial charge in [0.2, 0.25) is 5.91 Å². The van der Waals surface area contributed by atoms with E-state index in [0.29, 0.717) is 12.3 Å². The Morgan fingerprint density at radius 1 is 1.45 bits per heavy atom. The molecule has 1 unspecified atom stereocenters. The van der Waals surface area contributed by atoms with Gasteiger partial charge in [-0.25, -0.2) is 4.39 Å². The Hall–Kier alpha value is -1.33. The van der Waals surface area contributed by atoms with E-state index < -0.39 is 0 Å². The van der Waals surface area contributed by atoms with Crippen LogP contribution in [0.3, 0.4) is 0 Å². The first-order valence-corrected chi connectivity index (χ1v) is 7.59. The van der Waals surface area contributed by atoms with E-state index in [0.717, 1.165) is 32.4 Å². The van der Waals surface area contributed by atoms with Crippen molar-refractivity contribution in [2.45, 2.75) is 32.3 Å². The summed E-state index contributed by atoms with van der Waals surface area (Å²) in [4.78, 5) is 12.1. The Labute approximate surface area is 137 Å². The number of amides is 1. The summed E-state index contributed by atoms with van der Waals surface area (Å²) in [6.07, 6.45) is 2.38. The van der Waals surface area contributed by atoms with Gasteiger partial charge in [-0.3, -0.25) is 4.79 Å². The minimum absolute atomic E-state index is 0. The Morgan fingerprint density at radius 3 is 2.82 bits per heavy atom. The van der Waals surface area contributed by atoms with Crippen LogP contribution in [0.4, 0.5) is 4.39 Å². The Bertz CT molecular complexity index is 467. The van der Waals surface area contributed by atoms with Crippen molar-refractivity contribution in [3.8, 4) is 5.75 Å². The molecule has 0 aliphatic carbocycles. The van der Waals surface area contributed by atoms with Crippen LogP contribution in [0.2, 0.25) is 0 Å². The van der Waals surface area contributed by atoms with E-state index in [1.54, 1.807) is 12.1 Å². The molecule has 1 heterocycles. The number of ether oxygens (including phenoxy) is 1. The third kappa shape index (κ3) is 5.81. The lowest BCUT2D eigenvalue weighted by Gasteiger charge is -2.23.